The number of carbonyl (C=O) groups excluding carboxylic acids is 1. The van der Waals surface area contributed by atoms with Crippen LogP contribution in [0.15, 0.2) is 9.59 Å². The van der Waals surface area contributed by atoms with Crippen LogP contribution in [0.4, 0.5) is 0 Å². The number of hydrogen-bond donors (Lipinski definition) is 0. The first-order chi connectivity index (χ1) is 13.1. The third-order valence-electron chi connectivity index (χ3n) is 5.98. The van der Waals surface area contributed by atoms with Gasteiger partial charge in [-0.1, -0.05) is 13.8 Å². The van der Waals surface area contributed by atoms with Crippen LogP contribution in [0, 0.1) is 25.7 Å². The molecule has 0 spiro atoms. The van der Waals surface area contributed by atoms with Crippen molar-refractivity contribution in [3.8, 4) is 0 Å². The second-order valence-corrected chi connectivity index (χ2v) is 8.45. The van der Waals surface area contributed by atoms with Crippen molar-refractivity contribution in [3.63, 3.8) is 0 Å². The molecule has 152 valence electrons. The number of hydrogen-bond acceptors (Lipinski definition) is 4. The zero-order valence-corrected chi connectivity index (χ0v) is 17.7. The van der Waals surface area contributed by atoms with E-state index in [0.717, 1.165) is 34.5 Å². The molecule has 1 saturated heterocycles. The van der Waals surface area contributed by atoms with Crippen molar-refractivity contribution in [2.75, 3.05) is 13.1 Å². The molecule has 2 atom stereocenters. The van der Waals surface area contributed by atoms with Crippen molar-refractivity contribution in [2.45, 2.75) is 47.0 Å². The summed E-state index contributed by atoms with van der Waals surface area (Å²) in [5.41, 5.74) is 2.18. The fourth-order valence-corrected chi connectivity index (χ4v) is 4.57. The molecule has 0 saturated carbocycles. The number of nitrogens with zero attached hydrogens (tertiary/aromatic N) is 4. The molecule has 1 fully saturated rings. The normalized spacial score (nSPS) is 20.0. The molecular weight excluding hydrogens is 356 g/mol. The van der Waals surface area contributed by atoms with E-state index < -0.39 is 0 Å². The second-order valence-electron chi connectivity index (χ2n) is 8.45. The predicted molar refractivity (Wildman–Crippen MR) is 110 cm³/mol. The molecule has 7 nitrogen and oxygen atoms in total. The van der Waals surface area contributed by atoms with Crippen LogP contribution in [0.5, 0.6) is 0 Å². The highest BCUT2D eigenvalue weighted by molar-refractivity contribution is 5.81. The third kappa shape index (κ3) is 3.50. The van der Waals surface area contributed by atoms with Gasteiger partial charge < -0.3 is 4.90 Å². The molecular formula is C21H30N4O3. The predicted octanol–water partition coefficient (Wildman–Crippen LogP) is 1.69. The quantitative estimate of drug-likeness (QED) is 0.804. The first kappa shape index (κ1) is 20.3. The van der Waals surface area contributed by atoms with Gasteiger partial charge >= 0.3 is 5.69 Å². The van der Waals surface area contributed by atoms with Gasteiger partial charge in [0.25, 0.3) is 5.56 Å². The molecule has 2 aromatic heterocycles. The van der Waals surface area contributed by atoms with Crippen molar-refractivity contribution < 1.29 is 4.79 Å². The molecule has 0 radical (unpaired) electrons. The Balaban J connectivity index is 1.93. The van der Waals surface area contributed by atoms with Crippen LogP contribution in [0.25, 0.3) is 11.0 Å². The topological polar surface area (TPSA) is 77.2 Å². The van der Waals surface area contributed by atoms with Crippen molar-refractivity contribution in [2.24, 2.45) is 25.9 Å². The minimum atomic E-state index is -0.389. The van der Waals surface area contributed by atoms with Gasteiger partial charge in [-0.05, 0) is 49.7 Å². The zero-order chi connectivity index (χ0) is 20.7. The Morgan fingerprint density at radius 3 is 2.29 bits per heavy atom. The smallest absolute Gasteiger partial charge is 0.332 e. The van der Waals surface area contributed by atoms with E-state index in [9.17, 15) is 14.4 Å². The van der Waals surface area contributed by atoms with Gasteiger partial charge in [-0.25, -0.2) is 9.78 Å². The van der Waals surface area contributed by atoms with Gasteiger partial charge in [-0.2, -0.15) is 0 Å². The zero-order valence-electron chi connectivity index (χ0n) is 17.7. The number of rotatable bonds is 3. The summed E-state index contributed by atoms with van der Waals surface area (Å²) in [6.45, 7) is 9.78. The molecule has 0 aliphatic carbocycles. The lowest BCUT2D eigenvalue weighted by Crippen LogP contribution is -2.42. The summed E-state index contributed by atoms with van der Waals surface area (Å²) in [6, 6.07) is 0. The summed E-state index contributed by atoms with van der Waals surface area (Å²) in [4.78, 5) is 44.1. The largest absolute Gasteiger partial charge is 0.342 e. The van der Waals surface area contributed by atoms with Crippen molar-refractivity contribution in [1.82, 2.24) is 19.0 Å². The Bertz CT molecular complexity index is 1040. The minimum Gasteiger partial charge on any atom is -0.342 e. The highest BCUT2D eigenvalue weighted by Crippen LogP contribution is 2.24. The molecule has 3 rings (SSSR count). The van der Waals surface area contributed by atoms with Gasteiger partial charge in [0.1, 0.15) is 5.65 Å². The summed E-state index contributed by atoms with van der Waals surface area (Å²) >= 11 is 0. The Labute approximate surface area is 165 Å². The monoisotopic (exact) mass is 386 g/mol. The van der Waals surface area contributed by atoms with Gasteiger partial charge in [0.15, 0.2) is 0 Å². The van der Waals surface area contributed by atoms with E-state index in [0.29, 0.717) is 35.7 Å². The Hall–Kier alpha value is -2.44. The summed E-state index contributed by atoms with van der Waals surface area (Å²) in [5.74, 6) is 1.22. The molecule has 1 aliphatic heterocycles. The highest BCUT2D eigenvalue weighted by atomic mass is 16.2. The molecule has 1 aliphatic rings. The standard InChI is InChI=1S/C21H30N4O3/c1-12-9-13(2)11-25(10-12)17(26)8-7-16-14(3)18-19(22-15(16)4)23(5)21(28)24(6)20(18)27/h12-13H,7-11H2,1-6H3/t12-,13-/m1/s1. The SMILES string of the molecule is Cc1nc2c(c(C)c1CCC(=O)N1C[C@H](C)C[C@@H](C)C1)c(=O)n(C)c(=O)n2C. The number of pyridine rings is 1. The molecule has 0 bridgehead atoms. The van der Waals surface area contributed by atoms with E-state index in [2.05, 4.69) is 18.8 Å². The van der Waals surface area contributed by atoms with E-state index in [1.54, 1.807) is 7.05 Å². The van der Waals surface area contributed by atoms with E-state index >= 15 is 0 Å². The van der Waals surface area contributed by atoms with Crippen LogP contribution in [-0.2, 0) is 25.3 Å². The molecule has 0 aromatic carbocycles. The Morgan fingerprint density at radius 1 is 1.07 bits per heavy atom. The highest BCUT2D eigenvalue weighted by Gasteiger charge is 2.25. The summed E-state index contributed by atoms with van der Waals surface area (Å²) < 4.78 is 2.51. The third-order valence-corrected chi connectivity index (χ3v) is 5.98. The summed E-state index contributed by atoms with van der Waals surface area (Å²) in [6.07, 6.45) is 2.11. The van der Waals surface area contributed by atoms with Crippen molar-refractivity contribution in [3.05, 3.63) is 37.7 Å². The van der Waals surface area contributed by atoms with E-state index in [-0.39, 0.29) is 17.2 Å². The average molecular weight is 386 g/mol. The number of aromatic nitrogens is 3. The molecule has 1 amide bonds. The van der Waals surface area contributed by atoms with Crippen LogP contribution in [-0.4, -0.2) is 38.0 Å². The molecule has 2 aromatic rings. The molecule has 28 heavy (non-hydrogen) atoms. The number of likely N-dealkylation sites (tertiary alicyclic amines) is 1. The maximum absolute atomic E-state index is 12.8. The van der Waals surface area contributed by atoms with Crippen LogP contribution < -0.4 is 11.2 Å². The van der Waals surface area contributed by atoms with Crippen LogP contribution in [0.1, 0.15) is 43.5 Å². The van der Waals surface area contributed by atoms with E-state index in [1.807, 2.05) is 18.7 Å². The van der Waals surface area contributed by atoms with Gasteiger partial charge in [-0.3, -0.25) is 18.7 Å². The molecule has 7 heteroatoms. The lowest BCUT2D eigenvalue weighted by Gasteiger charge is -2.35. The fourth-order valence-electron chi connectivity index (χ4n) is 4.57. The maximum Gasteiger partial charge on any atom is 0.332 e. The van der Waals surface area contributed by atoms with Crippen LogP contribution >= 0.6 is 0 Å². The minimum absolute atomic E-state index is 0.158. The number of fused-ring (bicyclic) bond motifs is 1. The van der Waals surface area contributed by atoms with E-state index in [4.69, 9.17) is 0 Å². The van der Waals surface area contributed by atoms with Gasteiger partial charge in [0.05, 0.1) is 5.39 Å². The van der Waals surface area contributed by atoms with Crippen LogP contribution in [0.3, 0.4) is 0 Å². The Kier molecular flexibility index (Phi) is 5.46. The number of amides is 1. The van der Waals surface area contributed by atoms with E-state index in [1.165, 1.54) is 18.0 Å². The number of carbonyl (C=O) groups is 1. The molecule has 0 N–H and O–H groups in total. The number of aryl methyl sites for hydroxylation is 3. The molecule has 3 heterocycles. The summed E-state index contributed by atoms with van der Waals surface area (Å²) in [7, 11) is 3.10. The maximum atomic E-state index is 12.8. The van der Waals surface area contributed by atoms with Crippen molar-refractivity contribution in [1.29, 1.82) is 0 Å². The van der Waals surface area contributed by atoms with Crippen molar-refractivity contribution >= 4 is 16.9 Å². The first-order valence-corrected chi connectivity index (χ1v) is 9.95. The Morgan fingerprint density at radius 2 is 1.68 bits per heavy atom. The second kappa shape index (κ2) is 7.53. The average Bonchev–Trinajstić information content (AvgIpc) is 2.63. The first-order valence-electron chi connectivity index (χ1n) is 9.95. The fraction of sp³-hybridized carbons (Fsp3) is 0.619. The van der Waals surface area contributed by atoms with Gasteiger partial charge in [0, 0.05) is 39.3 Å². The van der Waals surface area contributed by atoms with Crippen LogP contribution in [0.2, 0.25) is 0 Å². The van der Waals surface area contributed by atoms with Gasteiger partial charge in [-0.15, -0.1) is 0 Å². The molecule has 0 unspecified atom stereocenters. The lowest BCUT2D eigenvalue weighted by atomic mass is 9.91. The lowest BCUT2D eigenvalue weighted by molar-refractivity contribution is -0.133. The van der Waals surface area contributed by atoms with Gasteiger partial charge in [0.2, 0.25) is 5.91 Å². The summed E-state index contributed by atoms with van der Waals surface area (Å²) in [5, 5.41) is 0.456. The number of piperidine rings is 1.